The van der Waals surface area contributed by atoms with Crippen LogP contribution < -0.4 is 15.4 Å². The van der Waals surface area contributed by atoms with Crippen LogP contribution in [0.5, 0.6) is 5.75 Å². The van der Waals surface area contributed by atoms with Crippen molar-refractivity contribution < 1.29 is 22.7 Å². The Kier molecular flexibility index (Phi) is 5.75. The normalized spacial score (nSPS) is 18.2. The predicted molar refractivity (Wildman–Crippen MR) is 130 cm³/mol. The molecule has 4 heterocycles. The van der Waals surface area contributed by atoms with Crippen LogP contribution in [0.25, 0.3) is 11.3 Å². The molecule has 1 amide bonds. The molecule has 37 heavy (non-hydrogen) atoms. The molecule has 0 radical (unpaired) electrons. The molecule has 6 rings (SSSR count). The summed E-state index contributed by atoms with van der Waals surface area (Å²) in [6.45, 7) is -2.34. The minimum absolute atomic E-state index is 0.0930. The van der Waals surface area contributed by atoms with Crippen LogP contribution in [0.15, 0.2) is 60.9 Å². The summed E-state index contributed by atoms with van der Waals surface area (Å²) in [4.78, 5) is 17.6. The van der Waals surface area contributed by atoms with Gasteiger partial charge in [0, 0.05) is 45.6 Å². The van der Waals surface area contributed by atoms with Crippen LogP contribution in [0.2, 0.25) is 5.02 Å². The molecule has 2 aromatic carbocycles. The van der Waals surface area contributed by atoms with E-state index in [2.05, 4.69) is 20.7 Å². The second kappa shape index (κ2) is 9.11. The van der Waals surface area contributed by atoms with Crippen molar-refractivity contribution in [1.29, 1.82) is 0 Å². The molecular weight excluding hydrogens is 507 g/mol. The van der Waals surface area contributed by atoms with Gasteiger partial charge in [-0.15, -0.1) is 0 Å². The molecule has 0 saturated heterocycles. The number of para-hydroxylation sites is 1. The predicted octanol–water partition coefficient (Wildman–Crippen LogP) is 5.90. The van der Waals surface area contributed by atoms with E-state index in [1.807, 2.05) is 24.3 Å². The highest BCUT2D eigenvalue weighted by Gasteiger charge is 2.37. The summed E-state index contributed by atoms with van der Waals surface area (Å²) in [6.07, 6.45) is 3.07. The highest BCUT2D eigenvalue weighted by Crippen LogP contribution is 2.43. The fourth-order valence-corrected chi connectivity index (χ4v) is 5.01. The number of alkyl halides is 2. The molecular formula is C26H19ClF3N5O2. The van der Waals surface area contributed by atoms with Gasteiger partial charge in [0.1, 0.15) is 17.3 Å². The number of nitrogens with one attached hydrogen (secondary N) is 2. The van der Waals surface area contributed by atoms with Gasteiger partial charge < -0.3 is 15.4 Å². The Labute approximate surface area is 214 Å². The van der Waals surface area contributed by atoms with Gasteiger partial charge in [-0.2, -0.15) is 13.9 Å². The molecule has 0 saturated carbocycles. The quantitative estimate of drug-likeness (QED) is 0.339. The lowest BCUT2D eigenvalue weighted by Crippen LogP contribution is -2.22. The number of fused-ring (bicyclic) bond motifs is 2. The van der Waals surface area contributed by atoms with E-state index in [9.17, 15) is 18.0 Å². The zero-order valence-electron chi connectivity index (χ0n) is 19.1. The zero-order chi connectivity index (χ0) is 25.7. The fourth-order valence-electron chi connectivity index (χ4n) is 4.79. The first-order valence-corrected chi connectivity index (χ1v) is 11.9. The first kappa shape index (κ1) is 23.4. The Morgan fingerprint density at radius 1 is 1.16 bits per heavy atom. The maximum Gasteiger partial charge on any atom is 0.333 e. The zero-order valence-corrected chi connectivity index (χ0v) is 19.8. The Bertz CT molecular complexity index is 1530. The molecule has 2 aliphatic rings. The van der Waals surface area contributed by atoms with E-state index < -0.39 is 24.3 Å². The van der Waals surface area contributed by atoms with Crippen molar-refractivity contribution in [2.75, 3.05) is 11.9 Å². The minimum Gasteiger partial charge on any atom is -0.493 e. The Morgan fingerprint density at radius 3 is 2.81 bits per heavy atom. The summed E-state index contributed by atoms with van der Waals surface area (Å²) in [5, 5.41) is 10.3. The van der Waals surface area contributed by atoms with E-state index in [1.54, 1.807) is 6.07 Å². The van der Waals surface area contributed by atoms with Gasteiger partial charge in [0.05, 0.1) is 30.6 Å². The molecule has 2 N–H and O–H groups in total. The van der Waals surface area contributed by atoms with Crippen molar-refractivity contribution in [2.45, 2.75) is 25.1 Å². The van der Waals surface area contributed by atoms with Gasteiger partial charge in [0.25, 0.3) is 5.91 Å². The van der Waals surface area contributed by atoms with Gasteiger partial charge in [0.15, 0.2) is 0 Å². The number of anilines is 1. The Hall–Kier alpha value is -4.05. The number of pyridine rings is 1. The van der Waals surface area contributed by atoms with Crippen LogP contribution in [0.3, 0.4) is 0 Å². The van der Waals surface area contributed by atoms with Crippen LogP contribution in [0.4, 0.5) is 18.9 Å². The highest BCUT2D eigenvalue weighted by atomic mass is 35.5. The topological polar surface area (TPSA) is 81.1 Å². The molecule has 0 fully saturated rings. The van der Waals surface area contributed by atoms with Crippen molar-refractivity contribution in [3.63, 3.8) is 0 Å². The molecule has 11 heteroatoms. The maximum atomic E-state index is 14.2. The average molecular weight is 526 g/mol. The van der Waals surface area contributed by atoms with Crippen molar-refractivity contribution in [2.24, 2.45) is 0 Å². The van der Waals surface area contributed by atoms with Gasteiger partial charge >= 0.3 is 6.55 Å². The Morgan fingerprint density at radius 2 is 2.00 bits per heavy atom. The maximum absolute atomic E-state index is 14.2. The standard InChI is InChI=1S/C26H19ClF3N5O2/c27-17-6-5-14(28)9-16(17)23-22-20(32-18-7-8-37-21-4-2-1-3-15(18)21)10-19(33-24(22)25(36)34-23)13-11-31-35(12-13)26(29)30/h1-6,9-12,18,23,26H,7-8H2,(H,32,33)(H,34,36)/t18-,23+/m1/s1. The molecule has 0 spiro atoms. The largest absolute Gasteiger partial charge is 0.493 e. The van der Waals surface area contributed by atoms with Crippen molar-refractivity contribution in [3.05, 3.63) is 94.1 Å². The van der Waals surface area contributed by atoms with Gasteiger partial charge in [-0.25, -0.2) is 14.1 Å². The van der Waals surface area contributed by atoms with E-state index >= 15 is 0 Å². The third-order valence-electron chi connectivity index (χ3n) is 6.49. The van der Waals surface area contributed by atoms with Crippen molar-refractivity contribution >= 4 is 23.2 Å². The number of carbonyl (C=O) groups is 1. The van der Waals surface area contributed by atoms with E-state index in [-0.39, 0.29) is 22.5 Å². The molecule has 0 unspecified atom stereocenters. The molecule has 4 aromatic rings. The number of hydrogen-bond donors (Lipinski definition) is 2. The molecule has 0 bridgehead atoms. The second-order valence-corrected chi connectivity index (χ2v) is 9.16. The number of halogens is 4. The minimum atomic E-state index is -2.82. The number of rotatable bonds is 5. The molecule has 7 nitrogen and oxygen atoms in total. The van der Waals surface area contributed by atoms with Crippen LogP contribution in [-0.2, 0) is 0 Å². The number of nitrogens with zero attached hydrogens (tertiary/aromatic N) is 3. The molecule has 2 aliphatic heterocycles. The van der Waals surface area contributed by atoms with Gasteiger partial charge in [-0.1, -0.05) is 29.8 Å². The van der Waals surface area contributed by atoms with Crippen LogP contribution in [0.1, 0.15) is 52.2 Å². The summed E-state index contributed by atoms with van der Waals surface area (Å²) < 4.78 is 46.8. The number of amides is 1. The fraction of sp³-hybridized carbons (Fsp3) is 0.192. The lowest BCUT2D eigenvalue weighted by atomic mass is 9.95. The van der Waals surface area contributed by atoms with Crippen molar-refractivity contribution in [3.8, 4) is 17.0 Å². The van der Waals surface area contributed by atoms with Crippen molar-refractivity contribution in [1.82, 2.24) is 20.1 Å². The summed E-state index contributed by atoms with van der Waals surface area (Å²) >= 11 is 6.40. The molecule has 0 aliphatic carbocycles. The summed E-state index contributed by atoms with van der Waals surface area (Å²) in [5.74, 6) is -0.243. The third kappa shape index (κ3) is 4.17. The van der Waals surface area contributed by atoms with Crippen LogP contribution in [0, 0.1) is 5.82 Å². The lowest BCUT2D eigenvalue weighted by Gasteiger charge is -2.29. The molecule has 188 valence electrons. The number of benzene rings is 2. The summed E-state index contributed by atoms with van der Waals surface area (Å²) in [6, 6.07) is 12.3. The van der Waals surface area contributed by atoms with E-state index in [1.165, 1.54) is 30.6 Å². The Balaban J connectivity index is 1.51. The summed E-state index contributed by atoms with van der Waals surface area (Å²) in [5.41, 5.74) is 3.04. The number of aromatic nitrogens is 3. The number of carbonyl (C=O) groups excluding carboxylic acids is 1. The van der Waals surface area contributed by atoms with Gasteiger partial charge in [0.2, 0.25) is 0 Å². The number of hydrogen-bond acceptors (Lipinski definition) is 5. The van der Waals surface area contributed by atoms with E-state index in [4.69, 9.17) is 16.3 Å². The van der Waals surface area contributed by atoms with Gasteiger partial charge in [-0.3, -0.25) is 4.79 Å². The highest BCUT2D eigenvalue weighted by molar-refractivity contribution is 6.31. The first-order chi connectivity index (χ1) is 17.9. The average Bonchev–Trinajstić information content (AvgIpc) is 3.52. The van der Waals surface area contributed by atoms with Crippen LogP contribution >= 0.6 is 11.6 Å². The second-order valence-electron chi connectivity index (χ2n) is 8.75. The number of ether oxygens (including phenoxy) is 1. The first-order valence-electron chi connectivity index (χ1n) is 11.5. The SMILES string of the molecule is O=C1N[C@@H](c2cc(F)ccc2Cl)c2c(N[C@@H]3CCOc4ccccc43)cc(-c3cnn(C(F)F)c3)nc21. The molecule has 2 atom stereocenters. The van der Waals surface area contributed by atoms with Gasteiger partial charge in [-0.05, 0) is 30.3 Å². The third-order valence-corrected chi connectivity index (χ3v) is 6.84. The van der Waals surface area contributed by atoms with E-state index in [0.717, 1.165) is 11.3 Å². The van der Waals surface area contributed by atoms with E-state index in [0.29, 0.717) is 40.1 Å². The summed E-state index contributed by atoms with van der Waals surface area (Å²) in [7, 11) is 0. The smallest absolute Gasteiger partial charge is 0.333 e. The monoisotopic (exact) mass is 525 g/mol. The molecule has 2 aromatic heterocycles. The lowest BCUT2D eigenvalue weighted by molar-refractivity contribution is 0.0566. The van der Waals surface area contributed by atoms with Crippen LogP contribution in [-0.4, -0.2) is 27.3 Å².